The molecule has 0 aliphatic carbocycles. The lowest BCUT2D eigenvalue weighted by molar-refractivity contribution is -0.122. The van der Waals surface area contributed by atoms with E-state index in [1.54, 1.807) is 0 Å². The molecule has 4 heteroatoms. The van der Waals surface area contributed by atoms with Crippen LogP contribution < -0.4 is 15.8 Å². The maximum absolute atomic E-state index is 12.3. The van der Waals surface area contributed by atoms with Gasteiger partial charge in [0.15, 0.2) is 0 Å². The third kappa shape index (κ3) is 2.32. The molecule has 1 atom stereocenters. The molecule has 0 spiro atoms. The number of nitrogens with two attached hydrogens (primary N) is 1. The minimum atomic E-state index is -0.240. The Hall–Kier alpha value is -2.49. The second kappa shape index (κ2) is 5.25. The molecule has 1 heterocycles. The lowest BCUT2D eigenvalue weighted by atomic mass is 10.0. The maximum Gasteiger partial charge on any atom is 0.231 e. The number of benzene rings is 2. The molecule has 102 valence electrons. The Morgan fingerprint density at radius 2 is 1.95 bits per heavy atom. The number of hydrogen-bond donors (Lipinski definition) is 2. The molecular formula is C16H16N2O2. The van der Waals surface area contributed by atoms with E-state index in [-0.39, 0.29) is 11.8 Å². The summed E-state index contributed by atoms with van der Waals surface area (Å²) < 4.78 is 5.52. The van der Waals surface area contributed by atoms with Crippen molar-refractivity contribution in [1.82, 2.24) is 5.32 Å². The fraction of sp³-hybridized carbons (Fsp3) is 0.188. The van der Waals surface area contributed by atoms with Crippen LogP contribution in [0, 0.1) is 0 Å². The van der Waals surface area contributed by atoms with Gasteiger partial charge >= 0.3 is 0 Å². The lowest BCUT2D eigenvalue weighted by Gasteiger charge is -2.11. The fourth-order valence-corrected chi connectivity index (χ4v) is 2.38. The first-order valence-corrected chi connectivity index (χ1v) is 6.58. The number of nitrogen functional groups attached to an aromatic ring is 1. The molecule has 0 fully saturated rings. The van der Waals surface area contributed by atoms with Gasteiger partial charge in [0, 0.05) is 17.8 Å². The highest BCUT2D eigenvalue weighted by atomic mass is 16.5. The van der Waals surface area contributed by atoms with Gasteiger partial charge in [-0.15, -0.1) is 0 Å². The normalized spacial score (nSPS) is 16.3. The molecule has 1 aliphatic rings. The second-order valence-corrected chi connectivity index (χ2v) is 4.82. The molecule has 3 N–H and O–H groups in total. The van der Waals surface area contributed by atoms with Crippen molar-refractivity contribution < 1.29 is 9.53 Å². The van der Waals surface area contributed by atoms with Crippen LogP contribution in [0.15, 0.2) is 48.5 Å². The molecule has 1 aliphatic heterocycles. The van der Waals surface area contributed by atoms with Crippen LogP contribution in [0.1, 0.15) is 17.0 Å². The van der Waals surface area contributed by atoms with Crippen LogP contribution in [0.5, 0.6) is 5.75 Å². The third-order valence-electron chi connectivity index (χ3n) is 3.52. The molecule has 4 nitrogen and oxygen atoms in total. The molecule has 20 heavy (non-hydrogen) atoms. The summed E-state index contributed by atoms with van der Waals surface area (Å²) in [5.74, 6) is 0.529. The average molecular weight is 268 g/mol. The topological polar surface area (TPSA) is 64.3 Å². The van der Waals surface area contributed by atoms with E-state index in [1.165, 1.54) is 0 Å². The van der Waals surface area contributed by atoms with Gasteiger partial charge in [0.1, 0.15) is 18.3 Å². The van der Waals surface area contributed by atoms with Crippen molar-refractivity contribution in [2.75, 3.05) is 12.3 Å². The van der Waals surface area contributed by atoms with Crippen LogP contribution >= 0.6 is 0 Å². The first-order chi connectivity index (χ1) is 9.75. The number of amides is 1. The second-order valence-electron chi connectivity index (χ2n) is 4.82. The average Bonchev–Trinajstić information content (AvgIpc) is 2.90. The van der Waals surface area contributed by atoms with Crippen molar-refractivity contribution in [2.24, 2.45) is 0 Å². The molecule has 0 bridgehead atoms. The quantitative estimate of drug-likeness (QED) is 0.837. The summed E-state index contributed by atoms with van der Waals surface area (Å²) in [6.07, 6.45) is 0. The van der Waals surface area contributed by atoms with E-state index in [0.29, 0.717) is 18.8 Å². The molecule has 2 aromatic rings. The van der Waals surface area contributed by atoms with Gasteiger partial charge < -0.3 is 15.8 Å². The van der Waals surface area contributed by atoms with E-state index >= 15 is 0 Å². The zero-order valence-electron chi connectivity index (χ0n) is 11.0. The number of anilines is 1. The summed E-state index contributed by atoms with van der Waals surface area (Å²) in [5.41, 5.74) is 8.43. The van der Waals surface area contributed by atoms with Gasteiger partial charge in [0.25, 0.3) is 0 Å². The number of para-hydroxylation sites is 2. The Morgan fingerprint density at radius 3 is 2.80 bits per heavy atom. The molecule has 1 unspecified atom stereocenters. The molecule has 3 rings (SSSR count). The highest BCUT2D eigenvalue weighted by Crippen LogP contribution is 2.33. The van der Waals surface area contributed by atoms with Crippen LogP contribution in [0.3, 0.4) is 0 Å². The predicted molar refractivity (Wildman–Crippen MR) is 77.4 cm³/mol. The first kappa shape index (κ1) is 12.5. The van der Waals surface area contributed by atoms with E-state index in [4.69, 9.17) is 10.5 Å². The summed E-state index contributed by atoms with van der Waals surface area (Å²) in [4.78, 5) is 12.3. The number of ether oxygens (including phenoxy) is 1. The van der Waals surface area contributed by atoms with Gasteiger partial charge in [-0.3, -0.25) is 4.79 Å². The summed E-state index contributed by atoms with van der Waals surface area (Å²) in [6.45, 7) is 0.833. The van der Waals surface area contributed by atoms with Gasteiger partial charge in [-0.25, -0.2) is 0 Å². The number of carbonyl (C=O) groups is 1. The summed E-state index contributed by atoms with van der Waals surface area (Å²) in [7, 11) is 0. The monoisotopic (exact) mass is 268 g/mol. The van der Waals surface area contributed by atoms with Crippen LogP contribution in [0.4, 0.5) is 5.69 Å². The van der Waals surface area contributed by atoms with Crippen molar-refractivity contribution in [2.45, 2.75) is 12.5 Å². The van der Waals surface area contributed by atoms with E-state index < -0.39 is 0 Å². The fourth-order valence-electron chi connectivity index (χ4n) is 2.38. The van der Waals surface area contributed by atoms with E-state index in [1.807, 2.05) is 48.5 Å². The first-order valence-electron chi connectivity index (χ1n) is 6.58. The Morgan fingerprint density at radius 1 is 1.20 bits per heavy atom. The van der Waals surface area contributed by atoms with Crippen molar-refractivity contribution in [3.63, 3.8) is 0 Å². The molecular weight excluding hydrogens is 252 g/mol. The Kier molecular flexibility index (Phi) is 3.29. The standard InChI is InChI=1S/C16H16N2O2/c17-14-7-3-1-5-11(14)9-18-16(19)13-10-20-15-8-4-2-6-12(13)15/h1-8,13H,9-10,17H2,(H,18,19). The zero-order valence-corrected chi connectivity index (χ0v) is 11.0. The van der Waals surface area contributed by atoms with E-state index in [0.717, 1.165) is 16.9 Å². The number of nitrogens with one attached hydrogen (secondary N) is 1. The lowest BCUT2D eigenvalue weighted by Crippen LogP contribution is -2.30. The SMILES string of the molecule is Nc1ccccc1CNC(=O)C1COc2ccccc21. The summed E-state index contributed by atoms with van der Waals surface area (Å²) >= 11 is 0. The molecule has 0 saturated carbocycles. The maximum atomic E-state index is 12.3. The Bertz CT molecular complexity index is 640. The van der Waals surface area contributed by atoms with Crippen molar-refractivity contribution in [1.29, 1.82) is 0 Å². The third-order valence-corrected chi connectivity index (χ3v) is 3.52. The number of fused-ring (bicyclic) bond motifs is 1. The molecule has 2 aromatic carbocycles. The van der Waals surface area contributed by atoms with Crippen molar-refractivity contribution >= 4 is 11.6 Å². The predicted octanol–water partition coefficient (Wildman–Crippen LogP) is 2.06. The molecule has 0 radical (unpaired) electrons. The minimum absolute atomic E-state index is 0.0294. The van der Waals surface area contributed by atoms with Crippen molar-refractivity contribution in [3.8, 4) is 5.75 Å². The Labute approximate surface area is 117 Å². The summed E-state index contributed by atoms with van der Waals surface area (Å²) in [5, 5.41) is 2.92. The van der Waals surface area contributed by atoms with Gasteiger partial charge in [0.2, 0.25) is 5.91 Å². The Balaban J connectivity index is 1.68. The van der Waals surface area contributed by atoms with Gasteiger partial charge in [-0.2, -0.15) is 0 Å². The highest BCUT2D eigenvalue weighted by molar-refractivity contribution is 5.85. The molecule has 0 saturated heterocycles. The van der Waals surface area contributed by atoms with Crippen molar-refractivity contribution in [3.05, 3.63) is 59.7 Å². The van der Waals surface area contributed by atoms with E-state index in [9.17, 15) is 4.79 Å². The highest BCUT2D eigenvalue weighted by Gasteiger charge is 2.29. The van der Waals surface area contributed by atoms with Crippen LogP contribution in [-0.2, 0) is 11.3 Å². The molecule has 0 aromatic heterocycles. The zero-order chi connectivity index (χ0) is 13.9. The van der Waals surface area contributed by atoms with E-state index in [2.05, 4.69) is 5.32 Å². The smallest absolute Gasteiger partial charge is 0.231 e. The largest absolute Gasteiger partial charge is 0.492 e. The molecule has 1 amide bonds. The van der Waals surface area contributed by atoms with Crippen LogP contribution in [0.25, 0.3) is 0 Å². The van der Waals surface area contributed by atoms with Gasteiger partial charge in [-0.1, -0.05) is 36.4 Å². The number of hydrogen-bond acceptors (Lipinski definition) is 3. The number of carbonyl (C=O) groups excluding carboxylic acids is 1. The summed E-state index contributed by atoms with van der Waals surface area (Å²) in [6, 6.07) is 15.2. The van der Waals surface area contributed by atoms with Gasteiger partial charge in [-0.05, 0) is 17.7 Å². The van der Waals surface area contributed by atoms with Gasteiger partial charge in [0.05, 0.1) is 0 Å². The van der Waals surface area contributed by atoms with Crippen LogP contribution in [0.2, 0.25) is 0 Å². The number of rotatable bonds is 3. The van der Waals surface area contributed by atoms with Crippen LogP contribution in [-0.4, -0.2) is 12.5 Å². The minimum Gasteiger partial charge on any atom is -0.492 e.